The zero-order valence-corrected chi connectivity index (χ0v) is 7.38. The molecule has 1 unspecified atom stereocenters. The lowest BCUT2D eigenvalue weighted by molar-refractivity contribution is -0.144. The zero-order chi connectivity index (χ0) is 8.55. The highest BCUT2D eigenvalue weighted by Gasteiger charge is 2.40. The van der Waals surface area contributed by atoms with Gasteiger partial charge in [0.05, 0.1) is 12.5 Å². The second kappa shape index (κ2) is 2.92. The molecule has 0 aliphatic heterocycles. The van der Waals surface area contributed by atoms with Crippen molar-refractivity contribution in [2.45, 2.75) is 26.2 Å². The van der Waals surface area contributed by atoms with Crippen LogP contribution in [-0.4, -0.2) is 12.6 Å². The van der Waals surface area contributed by atoms with E-state index in [1.807, 2.05) is 6.92 Å². The number of hydrogen-bond donors (Lipinski definition) is 0. The summed E-state index contributed by atoms with van der Waals surface area (Å²) in [7, 11) is 0. The second-order valence-electron chi connectivity index (χ2n) is 3.52. The van der Waals surface area contributed by atoms with E-state index in [4.69, 9.17) is 4.74 Å². The normalized spacial score (nSPS) is 27.4. The number of esters is 1. The van der Waals surface area contributed by atoms with Crippen LogP contribution in [-0.2, 0) is 9.53 Å². The molecule has 1 fully saturated rings. The summed E-state index contributed by atoms with van der Waals surface area (Å²) < 4.78 is 4.92. The third-order valence-corrected chi connectivity index (χ3v) is 2.73. The van der Waals surface area contributed by atoms with Gasteiger partial charge in [0.15, 0.2) is 0 Å². The van der Waals surface area contributed by atoms with Gasteiger partial charge in [-0.2, -0.15) is 0 Å². The van der Waals surface area contributed by atoms with E-state index in [2.05, 4.69) is 6.08 Å². The minimum Gasteiger partial charge on any atom is -0.465 e. The summed E-state index contributed by atoms with van der Waals surface area (Å²) in [6.07, 6.45) is 5.95. The Labute approximate surface area is 72.6 Å². The van der Waals surface area contributed by atoms with E-state index in [1.165, 1.54) is 24.8 Å². The van der Waals surface area contributed by atoms with Crippen molar-refractivity contribution in [2.24, 2.45) is 11.8 Å². The molecule has 0 aromatic heterocycles. The van der Waals surface area contributed by atoms with E-state index in [-0.39, 0.29) is 11.9 Å². The van der Waals surface area contributed by atoms with Crippen molar-refractivity contribution in [3.05, 3.63) is 11.6 Å². The van der Waals surface area contributed by atoms with Crippen molar-refractivity contribution >= 4 is 5.97 Å². The summed E-state index contributed by atoms with van der Waals surface area (Å²) >= 11 is 0. The maximum atomic E-state index is 11.2. The van der Waals surface area contributed by atoms with Crippen LogP contribution in [0.5, 0.6) is 0 Å². The lowest BCUT2D eigenvalue weighted by Crippen LogP contribution is -2.15. The molecule has 2 nitrogen and oxygen atoms in total. The molecule has 2 heteroatoms. The summed E-state index contributed by atoms with van der Waals surface area (Å²) in [6.45, 7) is 2.35. The monoisotopic (exact) mass is 166 g/mol. The first-order valence-corrected chi connectivity index (χ1v) is 4.71. The fraction of sp³-hybridized carbons (Fsp3) is 0.700. The maximum Gasteiger partial charge on any atom is 0.316 e. The van der Waals surface area contributed by atoms with Crippen LogP contribution < -0.4 is 0 Å². The van der Waals surface area contributed by atoms with Crippen LogP contribution in [0.15, 0.2) is 11.6 Å². The van der Waals surface area contributed by atoms with Crippen molar-refractivity contribution in [1.29, 1.82) is 0 Å². The van der Waals surface area contributed by atoms with Gasteiger partial charge in [-0.05, 0) is 25.7 Å². The van der Waals surface area contributed by atoms with Gasteiger partial charge < -0.3 is 4.74 Å². The zero-order valence-electron chi connectivity index (χ0n) is 7.38. The quantitative estimate of drug-likeness (QED) is 0.473. The standard InChI is InChI=1S/C10H14O2/c1-2-12-10(11)9-6-8(9)7-4-3-5-7/h6-7,9H,2-5H2,1H3. The van der Waals surface area contributed by atoms with Gasteiger partial charge in [0.1, 0.15) is 0 Å². The van der Waals surface area contributed by atoms with Gasteiger partial charge >= 0.3 is 5.97 Å². The molecule has 1 atom stereocenters. The van der Waals surface area contributed by atoms with Gasteiger partial charge in [-0.15, -0.1) is 0 Å². The van der Waals surface area contributed by atoms with Gasteiger partial charge in [-0.1, -0.05) is 18.1 Å². The van der Waals surface area contributed by atoms with E-state index in [0.717, 1.165) is 5.92 Å². The van der Waals surface area contributed by atoms with E-state index in [0.29, 0.717) is 6.61 Å². The largest absolute Gasteiger partial charge is 0.465 e. The Morgan fingerprint density at radius 1 is 1.67 bits per heavy atom. The van der Waals surface area contributed by atoms with Gasteiger partial charge in [-0.25, -0.2) is 0 Å². The first-order valence-electron chi connectivity index (χ1n) is 4.71. The van der Waals surface area contributed by atoms with Gasteiger partial charge in [0.25, 0.3) is 0 Å². The molecule has 0 saturated heterocycles. The predicted octanol–water partition coefficient (Wildman–Crippen LogP) is 1.91. The number of carbonyl (C=O) groups is 1. The van der Waals surface area contributed by atoms with Crippen LogP contribution in [0.3, 0.4) is 0 Å². The van der Waals surface area contributed by atoms with Gasteiger partial charge in [-0.3, -0.25) is 4.79 Å². The minimum absolute atomic E-state index is 0.0422. The van der Waals surface area contributed by atoms with Gasteiger partial charge in [0, 0.05) is 0 Å². The van der Waals surface area contributed by atoms with Crippen LogP contribution in [0, 0.1) is 11.8 Å². The Morgan fingerprint density at radius 3 is 2.92 bits per heavy atom. The van der Waals surface area contributed by atoms with Crippen molar-refractivity contribution in [2.75, 3.05) is 6.61 Å². The molecule has 1 saturated carbocycles. The molecule has 2 aliphatic carbocycles. The fourth-order valence-electron chi connectivity index (χ4n) is 1.71. The first kappa shape index (κ1) is 7.84. The van der Waals surface area contributed by atoms with Crippen molar-refractivity contribution in [1.82, 2.24) is 0 Å². The highest BCUT2D eigenvalue weighted by molar-refractivity contribution is 5.83. The van der Waals surface area contributed by atoms with E-state index < -0.39 is 0 Å². The predicted molar refractivity (Wildman–Crippen MR) is 45.5 cm³/mol. The van der Waals surface area contributed by atoms with Gasteiger partial charge in [0.2, 0.25) is 0 Å². The molecule has 0 N–H and O–H groups in total. The van der Waals surface area contributed by atoms with Crippen LogP contribution in [0.2, 0.25) is 0 Å². The lowest BCUT2D eigenvalue weighted by Gasteiger charge is -2.23. The third-order valence-electron chi connectivity index (χ3n) is 2.73. The molecule has 0 heterocycles. The molecule has 66 valence electrons. The van der Waals surface area contributed by atoms with Crippen LogP contribution in [0.4, 0.5) is 0 Å². The molecule has 2 rings (SSSR count). The highest BCUT2D eigenvalue weighted by atomic mass is 16.5. The summed E-state index contributed by atoms with van der Waals surface area (Å²) in [5, 5.41) is 0. The van der Waals surface area contributed by atoms with Crippen molar-refractivity contribution < 1.29 is 9.53 Å². The molecular formula is C10H14O2. The summed E-state index contributed by atoms with van der Waals surface area (Å²) in [4.78, 5) is 11.2. The average molecular weight is 166 g/mol. The Balaban J connectivity index is 1.77. The average Bonchev–Trinajstić information content (AvgIpc) is 2.64. The molecule has 0 bridgehead atoms. The second-order valence-corrected chi connectivity index (χ2v) is 3.52. The van der Waals surface area contributed by atoms with E-state index >= 15 is 0 Å². The number of carbonyl (C=O) groups excluding carboxylic acids is 1. The Kier molecular flexibility index (Phi) is 1.91. The van der Waals surface area contributed by atoms with Crippen LogP contribution in [0.1, 0.15) is 26.2 Å². The topological polar surface area (TPSA) is 26.3 Å². The van der Waals surface area contributed by atoms with Crippen LogP contribution in [0.25, 0.3) is 0 Å². The first-order chi connectivity index (χ1) is 5.83. The van der Waals surface area contributed by atoms with E-state index in [1.54, 1.807) is 0 Å². The Bertz CT molecular complexity index is 226. The molecule has 0 amide bonds. The summed E-state index contributed by atoms with van der Waals surface area (Å²) in [5.41, 5.74) is 1.35. The molecule has 0 radical (unpaired) electrons. The Morgan fingerprint density at radius 2 is 2.42 bits per heavy atom. The van der Waals surface area contributed by atoms with Crippen LogP contribution >= 0.6 is 0 Å². The lowest BCUT2D eigenvalue weighted by atomic mass is 9.82. The number of rotatable bonds is 3. The molecule has 0 spiro atoms. The molecule has 0 aromatic carbocycles. The maximum absolute atomic E-state index is 11.2. The van der Waals surface area contributed by atoms with Crippen molar-refractivity contribution in [3.8, 4) is 0 Å². The smallest absolute Gasteiger partial charge is 0.316 e. The SMILES string of the molecule is CCOC(=O)C1C=C1C1CCC1. The molecule has 0 aromatic rings. The molecule has 12 heavy (non-hydrogen) atoms. The summed E-state index contributed by atoms with van der Waals surface area (Å²) in [6, 6.07) is 0. The fourth-order valence-corrected chi connectivity index (χ4v) is 1.71. The van der Waals surface area contributed by atoms with Crippen molar-refractivity contribution in [3.63, 3.8) is 0 Å². The third kappa shape index (κ3) is 1.26. The molecule has 2 aliphatic rings. The minimum atomic E-state index is -0.0422. The Hall–Kier alpha value is -0.790. The number of ether oxygens (including phenoxy) is 1. The summed E-state index contributed by atoms with van der Waals surface area (Å²) in [5.74, 6) is 0.744. The van der Waals surface area contributed by atoms with E-state index in [9.17, 15) is 4.79 Å². The molecular weight excluding hydrogens is 152 g/mol. The highest BCUT2D eigenvalue weighted by Crippen LogP contribution is 2.45. The number of hydrogen-bond acceptors (Lipinski definition) is 2.